The third-order valence-electron chi connectivity index (χ3n) is 7.91. The molecule has 2 aromatic carbocycles. The van der Waals surface area contributed by atoms with Crippen molar-refractivity contribution in [1.29, 1.82) is 0 Å². The van der Waals surface area contributed by atoms with Crippen LogP contribution in [0.15, 0.2) is 36.4 Å². The highest BCUT2D eigenvalue weighted by atomic mass is 16.5. The highest BCUT2D eigenvalue weighted by Crippen LogP contribution is 2.49. The summed E-state index contributed by atoms with van der Waals surface area (Å²) in [6.45, 7) is 25.9. The van der Waals surface area contributed by atoms with Crippen molar-refractivity contribution < 1.29 is 28.6 Å². The number of benzene rings is 2. The quantitative estimate of drug-likeness (QED) is 0.112. The van der Waals surface area contributed by atoms with Gasteiger partial charge in [-0.3, -0.25) is 14.4 Å². The Hall–Kier alpha value is -3.41. The van der Waals surface area contributed by atoms with Crippen LogP contribution in [0.2, 0.25) is 0 Å². The molecule has 0 spiro atoms. The molecular weight excluding hydrogens is 540 g/mol. The zero-order valence-electron chi connectivity index (χ0n) is 28.6. The second-order valence-corrected chi connectivity index (χ2v) is 14.5. The number of allylic oxidation sites excluding steroid dienone is 1. The van der Waals surface area contributed by atoms with Gasteiger partial charge in [0.25, 0.3) is 0 Å². The van der Waals surface area contributed by atoms with Gasteiger partial charge < -0.3 is 14.2 Å². The van der Waals surface area contributed by atoms with Crippen molar-refractivity contribution in [2.24, 2.45) is 10.8 Å². The van der Waals surface area contributed by atoms with Gasteiger partial charge in [0, 0.05) is 22.3 Å². The number of carbonyl (C=O) groups excluding carboxylic acids is 3. The maximum absolute atomic E-state index is 13.3. The molecule has 0 fully saturated rings. The van der Waals surface area contributed by atoms with Crippen LogP contribution in [0.4, 0.5) is 0 Å². The van der Waals surface area contributed by atoms with Crippen LogP contribution in [-0.4, -0.2) is 24.3 Å². The Kier molecular flexibility index (Phi) is 11.2. The number of esters is 2. The number of ether oxygens (including phenoxy) is 3. The molecule has 0 amide bonds. The highest BCUT2D eigenvalue weighted by molar-refractivity contribution is 6.07. The van der Waals surface area contributed by atoms with Gasteiger partial charge >= 0.3 is 11.9 Å². The molecular formula is C37H52O6. The summed E-state index contributed by atoms with van der Waals surface area (Å²) in [6, 6.07) is 8.53. The van der Waals surface area contributed by atoms with Crippen LogP contribution in [0.25, 0.3) is 6.08 Å². The highest BCUT2D eigenvalue weighted by Gasteiger charge is 2.37. The van der Waals surface area contributed by atoms with Crippen molar-refractivity contribution in [2.75, 3.05) is 6.61 Å². The molecule has 0 unspecified atom stereocenters. The fourth-order valence-electron chi connectivity index (χ4n) is 4.14. The van der Waals surface area contributed by atoms with E-state index in [0.29, 0.717) is 29.4 Å². The number of ketones is 1. The Labute approximate surface area is 259 Å². The summed E-state index contributed by atoms with van der Waals surface area (Å²) in [5.41, 5.74) is 0.869. The lowest BCUT2D eigenvalue weighted by Gasteiger charge is -2.35. The van der Waals surface area contributed by atoms with Crippen LogP contribution in [0.3, 0.4) is 0 Å². The first-order valence-electron chi connectivity index (χ1n) is 15.3. The van der Waals surface area contributed by atoms with E-state index < -0.39 is 16.2 Å². The average molecular weight is 593 g/mol. The number of rotatable bonds is 11. The minimum absolute atomic E-state index is 0.202. The largest absolute Gasteiger partial charge is 0.493 e. The van der Waals surface area contributed by atoms with Gasteiger partial charge in [-0.05, 0) is 115 Å². The molecule has 0 atom stereocenters. The molecule has 0 saturated heterocycles. The van der Waals surface area contributed by atoms with E-state index in [1.54, 1.807) is 51.1 Å². The maximum Gasteiger partial charge on any atom is 0.316 e. The Bertz CT molecular complexity index is 1350. The fraction of sp³-hybridized carbons (Fsp3) is 0.541. The van der Waals surface area contributed by atoms with Gasteiger partial charge in [0.2, 0.25) is 0 Å². The van der Waals surface area contributed by atoms with E-state index in [1.165, 1.54) is 6.08 Å². The monoisotopic (exact) mass is 592 g/mol. The van der Waals surface area contributed by atoms with Gasteiger partial charge in [-0.1, -0.05) is 41.5 Å². The number of hydrogen-bond acceptors (Lipinski definition) is 6. The van der Waals surface area contributed by atoms with Crippen LogP contribution in [0.1, 0.15) is 130 Å². The van der Waals surface area contributed by atoms with E-state index in [0.717, 1.165) is 29.5 Å². The van der Waals surface area contributed by atoms with Gasteiger partial charge in [0.1, 0.15) is 17.2 Å². The number of hydrogen-bond donors (Lipinski definition) is 0. The SMILES string of the molecule is CCOc1c(/C=C/C(=O)c2ccc(OC(=O)C(C)(C)C)cc2)cc(C(C)(C)CC)c(OC(=O)C(C)(C)C)c1C(C)(C)CC. The van der Waals surface area contributed by atoms with E-state index in [2.05, 4.69) is 41.5 Å². The molecule has 0 aromatic heterocycles. The number of carbonyl (C=O) groups is 3. The standard InChI is InChI=1S/C37H52O6/c1-14-36(10,11)27-23-25(19-22-28(38)24-17-20-26(21-18-24)42-32(39)34(4,5)6)30(41-16-3)29(37(12,13)15-2)31(27)43-33(40)35(7,8)9/h17-23H,14-16H2,1-13H3/b22-19+. The molecule has 0 N–H and O–H groups in total. The molecule has 0 aliphatic carbocycles. The Balaban J connectivity index is 2.72. The topological polar surface area (TPSA) is 78.9 Å². The molecule has 0 aliphatic heterocycles. The molecule has 0 radical (unpaired) electrons. The van der Waals surface area contributed by atoms with Crippen molar-refractivity contribution in [3.63, 3.8) is 0 Å². The molecule has 0 heterocycles. The van der Waals surface area contributed by atoms with Gasteiger partial charge in [0.15, 0.2) is 5.78 Å². The second kappa shape index (κ2) is 13.5. The predicted octanol–water partition coefficient (Wildman–Crippen LogP) is 9.26. The summed E-state index contributed by atoms with van der Waals surface area (Å²) < 4.78 is 18.0. The first-order valence-corrected chi connectivity index (χ1v) is 15.3. The van der Waals surface area contributed by atoms with E-state index in [4.69, 9.17) is 14.2 Å². The van der Waals surface area contributed by atoms with Crippen molar-refractivity contribution in [3.05, 3.63) is 58.7 Å². The molecule has 2 rings (SSSR count). The summed E-state index contributed by atoms with van der Waals surface area (Å²) in [5, 5.41) is 0. The molecule has 236 valence electrons. The predicted molar refractivity (Wildman–Crippen MR) is 174 cm³/mol. The van der Waals surface area contributed by atoms with E-state index in [9.17, 15) is 14.4 Å². The zero-order chi connectivity index (χ0) is 33.0. The van der Waals surface area contributed by atoms with Crippen LogP contribution in [-0.2, 0) is 20.4 Å². The summed E-state index contributed by atoms with van der Waals surface area (Å²) in [6.07, 6.45) is 4.89. The third-order valence-corrected chi connectivity index (χ3v) is 7.91. The van der Waals surface area contributed by atoms with Gasteiger partial charge in [-0.25, -0.2) is 0 Å². The van der Waals surface area contributed by atoms with Gasteiger partial charge in [-0.2, -0.15) is 0 Å². The smallest absolute Gasteiger partial charge is 0.316 e. The maximum atomic E-state index is 13.3. The van der Waals surface area contributed by atoms with Crippen LogP contribution < -0.4 is 14.2 Å². The fourth-order valence-corrected chi connectivity index (χ4v) is 4.14. The van der Waals surface area contributed by atoms with Crippen molar-refractivity contribution >= 4 is 23.8 Å². The summed E-state index contributed by atoms with van der Waals surface area (Å²) in [4.78, 5) is 38.8. The van der Waals surface area contributed by atoms with Crippen LogP contribution >= 0.6 is 0 Å². The zero-order valence-corrected chi connectivity index (χ0v) is 28.6. The van der Waals surface area contributed by atoms with Crippen molar-refractivity contribution in [2.45, 2.75) is 114 Å². The Morgan fingerprint density at radius 2 is 1.21 bits per heavy atom. The molecule has 6 heteroatoms. The van der Waals surface area contributed by atoms with Gasteiger partial charge in [0.05, 0.1) is 17.4 Å². The molecule has 0 bridgehead atoms. The minimum Gasteiger partial charge on any atom is -0.493 e. The lowest BCUT2D eigenvalue weighted by Crippen LogP contribution is -2.30. The Morgan fingerprint density at radius 3 is 1.67 bits per heavy atom. The summed E-state index contributed by atoms with van der Waals surface area (Å²) >= 11 is 0. The third kappa shape index (κ3) is 8.81. The minimum atomic E-state index is -0.696. The van der Waals surface area contributed by atoms with Crippen LogP contribution in [0, 0.1) is 10.8 Å². The van der Waals surface area contributed by atoms with Gasteiger partial charge in [-0.15, -0.1) is 0 Å². The normalized spacial score (nSPS) is 12.8. The molecule has 0 saturated carbocycles. The van der Waals surface area contributed by atoms with Crippen molar-refractivity contribution in [3.8, 4) is 17.2 Å². The van der Waals surface area contributed by atoms with E-state index >= 15 is 0 Å². The van der Waals surface area contributed by atoms with Crippen molar-refractivity contribution in [1.82, 2.24) is 0 Å². The van der Waals surface area contributed by atoms with E-state index in [-0.39, 0.29) is 23.1 Å². The average Bonchev–Trinajstić information content (AvgIpc) is 2.91. The molecule has 6 nitrogen and oxygen atoms in total. The first kappa shape index (κ1) is 35.8. The van der Waals surface area contributed by atoms with E-state index in [1.807, 2.05) is 33.8 Å². The summed E-state index contributed by atoms with van der Waals surface area (Å²) in [5.74, 6) is 0.681. The first-order chi connectivity index (χ1) is 19.7. The second-order valence-electron chi connectivity index (χ2n) is 14.5. The molecule has 43 heavy (non-hydrogen) atoms. The Morgan fingerprint density at radius 1 is 0.698 bits per heavy atom. The molecule has 0 aliphatic rings. The van der Waals surface area contributed by atoms with Crippen LogP contribution in [0.5, 0.6) is 17.2 Å². The lowest BCUT2D eigenvalue weighted by molar-refractivity contribution is -0.143. The lowest BCUT2D eigenvalue weighted by atomic mass is 9.74. The summed E-state index contributed by atoms with van der Waals surface area (Å²) in [7, 11) is 0. The molecule has 2 aromatic rings.